The van der Waals surface area contributed by atoms with Gasteiger partial charge in [0.05, 0.1) is 5.69 Å². The Hall–Kier alpha value is -1.16. The molecule has 0 aromatic heterocycles. The van der Waals surface area contributed by atoms with Crippen molar-refractivity contribution in [3.63, 3.8) is 0 Å². The van der Waals surface area contributed by atoms with Gasteiger partial charge in [0.1, 0.15) is 5.82 Å². The third-order valence-corrected chi connectivity index (χ3v) is 3.43. The third kappa shape index (κ3) is 7.43. The van der Waals surface area contributed by atoms with Crippen molar-refractivity contribution in [1.29, 1.82) is 0 Å². The Labute approximate surface area is 127 Å². The Kier molecular flexibility index (Phi) is 8.96. The fraction of sp³-hybridized carbons (Fsp3) is 0.562. The number of hydrogen-bond donors (Lipinski definition) is 2. The lowest BCUT2D eigenvalue weighted by Gasteiger charge is -2.10. The maximum Gasteiger partial charge on any atom is 0.170 e. The molecule has 0 radical (unpaired) electrons. The predicted molar refractivity (Wildman–Crippen MR) is 88.6 cm³/mol. The van der Waals surface area contributed by atoms with E-state index >= 15 is 0 Å². The molecule has 1 aromatic carbocycles. The molecule has 112 valence electrons. The quantitative estimate of drug-likeness (QED) is 0.502. The summed E-state index contributed by atoms with van der Waals surface area (Å²) < 4.78 is 13.4. The minimum absolute atomic E-state index is 0.285. The number of hydrogen-bond acceptors (Lipinski definition) is 1. The third-order valence-electron chi connectivity index (χ3n) is 3.19. The second-order valence-electron chi connectivity index (χ2n) is 4.98. The maximum absolute atomic E-state index is 13.4. The van der Waals surface area contributed by atoms with Crippen LogP contribution < -0.4 is 10.6 Å². The highest BCUT2D eigenvalue weighted by Gasteiger charge is 2.02. The van der Waals surface area contributed by atoms with Crippen molar-refractivity contribution in [2.45, 2.75) is 51.9 Å². The van der Waals surface area contributed by atoms with E-state index in [1.807, 2.05) is 0 Å². The molecule has 0 aliphatic rings. The first-order valence-electron chi connectivity index (χ1n) is 7.53. The molecule has 4 heteroatoms. The van der Waals surface area contributed by atoms with Crippen molar-refractivity contribution in [3.05, 3.63) is 30.1 Å². The standard InChI is InChI=1S/C16H25FN2S/c1-2-3-4-5-6-7-10-13-18-16(20)19-15-12-9-8-11-14(15)17/h8-9,11-12H,2-7,10,13H2,1H3,(H2,18,19,20). The highest BCUT2D eigenvalue weighted by atomic mass is 32.1. The molecule has 0 bridgehead atoms. The Morgan fingerprint density at radius 2 is 1.70 bits per heavy atom. The number of unbranched alkanes of at least 4 members (excludes halogenated alkanes) is 6. The molecule has 0 saturated carbocycles. The van der Waals surface area contributed by atoms with Crippen LogP contribution in [0.5, 0.6) is 0 Å². The SMILES string of the molecule is CCCCCCCCCNC(=S)Nc1ccccc1F. The van der Waals surface area contributed by atoms with Crippen LogP contribution in [0.15, 0.2) is 24.3 Å². The number of benzene rings is 1. The average molecular weight is 296 g/mol. The molecule has 0 spiro atoms. The van der Waals surface area contributed by atoms with Gasteiger partial charge < -0.3 is 10.6 Å². The normalized spacial score (nSPS) is 10.3. The molecule has 2 nitrogen and oxygen atoms in total. The Morgan fingerprint density at radius 3 is 2.40 bits per heavy atom. The number of halogens is 1. The van der Waals surface area contributed by atoms with Gasteiger partial charge in [-0.25, -0.2) is 4.39 Å². The van der Waals surface area contributed by atoms with Gasteiger partial charge >= 0.3 is 0 Å². The summed E-state index contributed by atoms with van der Waals surface area (Å²) in [5, 5.41) is 6.48. The summed E-state index contributed by atoms with van der Waals surface area (Å²) >= 11 is 5.14. The van der Waals surface area contributed by atoms with Crippen LogP contribution in [-0.2, 0) is 0 Å². The summed E-state index contributed by atoms with van der Waals surface area (Å²) in [5.41, 5.74) is 0.421. The summed E-state index contributed by atoms with van der Waals surface area (Å²) in [7, 11) is 0. The average Bonchev–Trinajstić information content (AvgIpc) is 2.44. The van der Waals surface area contributed by atoms with Crippen molar-refractivity contribution in [2.24, 2.45) is 0 Å². The van der Waals surface area contributed by atoms with Gasteiger partial charge in [-0.2, -0.15) is 0 Å². The maximum atomic E-state index is 13.4. The molecular formula is C16H25FN2S. The molecule has 0 fully saturated rings. The fourth-order valence-electron chi connectivity index (χ4n) is 2.01. The highest BCUT2D eigenvalue weighted by molar-refractivity contribution is 7.80. The van der Waals surface area contributed by atoms with E-state index < -0.39 is 0 Å². The minimum atomic E-state index is -0.285. The summed E-state index contributed by atoms with van der Waals surface area (Å²) in [4.78, 5) is 0. The zero-order valence-corrected chi connectivity index (χ0v) is 13.1. The van der Waals surface area contributed by atoms with Crippen LogP contribution in [0, 0.1) is 5.82 Å². The van der Waals surface area contributed by atoms with E-state index in [0.29, 0.717) is 10.8 Å². The molecule has 1 aromatic rings. The number of rotatable bonds is 9. The van der Waals surface area contributed by atoms with Gasteiger partial charge in [0.15, 0.2) is 5.11 Å². The lowest BCUT2D eigenvalue weighted by atomic mass is 10.1. The van der Waals surface area contributed by atoms with E-state index in [1.54, 1.807) is 18.2 Å². The molecule has 0 amide bonds. The largest absolute Gasteiger partial charge is 0.362 e. The van der Waals surface area contributed by atoms with Crippen LogP contribution in [0.4, 0.5) is 10.1 Å². The van der Waals surface area contributed by atoms with Crippen LogP contribution in [0.2, 0.25) is 0 Å². The fourth-order valence-corrected chi connectivity index (χ4v) is 2.23. The second-order valence-corrected chi connectivity index (χ2v) is 5.39. The summed E-state index contributed by atoms with van der Waals surface area (Å²) in [6.45, 7) is 3.07. The van der Waals surface area contributed by atoms with Crippen LogP contribution >= 0.6 is 12.2 Å². The van der Waals surface area contributed by atoms with Gasteiger partial charge in [0.25, 0.3) is 0 Å². The van der Waals surface area contributed by atoms with Crippen molar-refractivity contribution in [3.8, 4) is 0 Å². The Bertz CT molecular complexity index is 396. The first-order chi connectivity index (χ1) is 9.74. The van der Waals surface area contributed by atoms with Crippen molar-refractivity contribution >= 4 is 23.0 Å². The number of nitrogens with one attached hydrogen (secondary N) is 2. The first kappa shape index (κ1) is 16.9. The molecule has 0 unspecified atom stereocenters. The van der Waals surface area contributed by atoms with E-state index in [0.717, 1.165) is 13.0 Å². The molecule has 2 N–H and O–H groups in total. The van der Waals surface area contributed by atoms with Crippen LogP contribution in [0.1, 0.15) is 51.9 Å². The van der Waals surface area contributed by atoms with Gasteiger partial charge in [0.2, 0.25) is 0 Å². The molecule has 1 rings (SSSR count). The topological polar surface area (TPSA) is 24.1 Å². The van der Waals surface area contributed by atoms with Crippen molar-refractivity contribution < 1.29 is 4.39 Å². The van der Waals surface area contributed by atoms with Crippen LogP contribution in [-0.4, -0.2) is 11.7 Å². The molecule has 0 atom stereocenters. The predicted octanol–water partition coefficient (Wildman–Crippen LogP) is 4.86. The summed E-state index contributed by atoms with van der Waals surface area (Å²) in [5.74, 6) is -0.285. The van der Waals surface area contributed by atoms with Gasteiger partial charge in [-0.1, -0.05) is 57.6 Å². The minimum Gasteiger partial charge on any atom is -0.362 e. The zero-order chi connectivity index (χ0) is 14.6. The van der Waals surface area contributed by atoms with E-state index in [4.69, 9.17) is 12.2 Å². The van der Waals surface area contributed by atoms with Gasteiger partial charge in [0, 0.05) is 6.54 Å². The van der Waals surface area contributed by atoms with Gasteiger partial charge in [-0.15, -0.1) is 0 Å². The Balaban J connectivity index is 2.05. The molecule has 0 saturated heterocycles. The molecular weight excluding hydrogens is 271 g/mol. The molecule has 0 heterocycles. The number of para-hydroxylation sites is 1. The highest BCUT2D eigenvalue weighted by Crippen LogP contribution is 2.12. The zero-order valence-electron chi connectivity index (χ0n) is 12.3. The van der Waals surface area contributed by atoms with E-state index in [-0.39, 0.29) is 5.82 Å². The van der Waals surface area contributed by atoms with Gasteiger partial charge in [-0.05, 0) is 30.8 Å². The van der Waals surface area contributed by atoms with Gasteiger partial charge in [-0.3, -0.25) is 0 Å². The molecule has 0 aliphatic heterocycles. The van der Waals surface area contributed by atoms with Crippen molar-refractivity contribution in [1.82, 2.24) is 5.32 Å². The Morgan fingerprint density at radius 1 is 1.05 bits per heavy atom. The lowest BCUT2D eigenvalue weighted by Crippen LogP contribution is -2.29. The monoisotopic (exact) mass is 296 g/mol. The second kappa shape index (κ2) is 10.6. The summed E-state index contributed by atoms with van der Waals surface area (Å²) in [6, 6.07) is 6.54. The van der Waals surface area contributed by atoms with Crippen LogP contribution in [0.25, 0.3) is 0 Å². The smallest absolute Gasteiger partial charge is 0.170 e. The number of thiocarbonyl (C=S) groups is 1. The van der Waals surface area contributed by atoms with E-state index in [1.165, 1.54) is 44.6 Å². The number of anilines is 1. The van der Waals surface area contributed by atoms with E-state index in [2.05, 4.69) is 17.6 Å². The lowest BCUT2D eigenvalue weighted by molar-refractivity contribution is 0.586. The first-order valence-corrected chi connectivity index (χ1v) is 7.94. The van der Waals surface area contributed by atoms with Crippen molar-refractivity contribution in [2.75, 3.05) is 11.9 Å². The van der Waals surface area contributed by atoms with Crippen LogP contribution in [0.3, 0.4) is 0 Å². The summed E-state index contributed by atoms with van der Waals surface area (Å²) in [6.07, 6.45) is 8.91. The molecule has 0 aliphatic carbocycles. The molecule has 20 heavy (non-hydrogen) atoms. The van der Waals surface area contributed by atoms with E-state index in [9.17, 15) is 4.39 Å².